The largest absolute Gasteiger partial charge is 0.369 e. The van der Waals surface area contributed by atoms with Gasteiger partial charge in [-0.3, -0.25) is 4.79 Å². The Morgan fingerprint density at radius 1 is 1.60 bits per heavy atom. The van der Waals surface area contributed by atoms with Gasteiger partial charge in [0.15, 0.2) is 0 Å². The first kappa shape index (κ1) is 9.47. The van der Waals surface area contributed by atoms with Crippen LogP contribution < -0.4 is 5.73 Å². The fourth-order valence-electron chi connectivity index (χ4n) is 0.998. The predicted molar refractivity (Wildman–Crippen MR) is 44.6 cm³/mol. The van der Waals surface area contributed by atoms with E-state index < -0.39 is 0 Å². The average molecular weight is 145 g/mol. The molecule has 1 unspecified atom stereocenters. The molecule has 2 nitrogen and oxygen atoms in total. The monoisotopic (exact) mass is 145 g/mol. The van der Waals surface area contributed by atoms with Crippen LogP contribution in [0.5, 0.6) is 0 Å². The number of amides is 1. The van der Waals surface area contributed by atoms with Crippen LogP contribution in [0.4, 0.5) is 0 Å². The minimum absolute atomic E-state index is 0. The molecule has 0 aromatic rings. The average Bonchev–Trinajstić information content (AvgIpc) is 1.89. The van der Waals surface area contributed by atoms with Crippen LogP contribution in [0, 0.1) is 5.92 Å². The van der Waals surface area contributed by atoms with E-state index in [4.69, 9.17) is 5.73 Å². The molecule has 10 heavy (non-hydrogen) atoms. The van der Waals surface area contributed by atoms with Crippen molar-refractivity contribution in [1.82, 2.24) is 0 Å². The van der Waals surface area contributed by atoms with Crippen molar-refractivity contribution in [3.05, 3.63) is 0 Å². The van der Waals surface area contributed by atoms with Gasteiger partial charge in [0.05, 0.1) is 0 Å². The number of hydrogen-bond acceptors (Lipinski definition) is 1. The maximum Gasteiger partial charge on any atom is 0.220 e. The summed E-state index contributed by atoms with van der Waals surface area (Å²) in [6.45, 7) is 4.12. The molecular weight excluding hydrogens is 126 g/mol. The lowest BCUT2D eigenvalue weighted by atomic mass is 9.99. The maximum atomic E-state index is 10.7. The first-order valence-electron chi connectivity index (χ1n) is 4.01. The minimum atomic E-state index is -0.143. The molecule has 2 N–H and O–H groups in total. The first-order chi connectivity index (χ1) is 4.72. The third kappa shape index (κ3) is 3.49. The second kappa shape index (κ2) is 5.27. The topological polar surface area (TPSA) is 43.1 Å². The fourth-order valence-corrected chi connectivity index (χ4v) is 0.998. The molecule has 0 aliphatic heterocycles. The highest BCUT2D eigenvalue weighted by Crippen LogP contribution is 2.10. The van der Waals surface area contributed by atoms with E-state index in [1.54, 1.807) is 0 Å². The Kier molecular flexibility index (Phi) is 4.99. The number of carbonyl (C=O) groups excluding carboxylic acids is 1. The number of unbranched alkanes of at least 4 members (excludes halogenated alkanes) is 1. The van der Waals surface area contributed by atoms with Gasteiger partial charge in [0.2, 0.25) is 5.91 Å². The van der Waals surface area contributed by atoms with E-state index in [-0.39, 0.29) is 13.3 Å². The number of hydrogen-bond donors (Lipinski definition) is 1. The van der Waals surface area contributed by atoms with Gasteiger partial charge in [-0.2, -0.15) is 0 Å². The zero-order valence-electron chi connectivity index (χ0n) is 6.89. The van der Waals surface area contributed by atoms with Crippen LogP contribution in [0.15, 0.2) is 0 Å². The highest BCUT2D eigenvalue weighted by Gasteiger charge is 2.10. The molecule has 0 heterocycles. The van der Waals surface area contributed by atoms with E-state index in [2.05, 4.69) is 6.92 Å². The third-order valence-corrected chi connectivity index (χ3v) is 1.80. The second-order valence-corrected chi connectivity index (χ2v) is 2.65. The lowest BCUT2D eigenvalue weighted by Crippen LogP contribution is -2.22. The molecule has 0 rings (SSSR count). The number of nitrogens with two attached hydrogens (primary N) is 1. The summed E-state index contributed by atoms with van der Waals surface area (Å²) in [6, 6.07) is 0. The van der Waals surface area contributed by atoms with Crippen molar-refractivity contribution >= 4 is 5.91 Å². The Morgan fingerprint density at radius 3 is 2.50 bits per heavy atom. The van der Waals surface area contributed by atoms with Crippen LogP contribution in [0.1, 0.15) is 41.0 Å². The summed E-state index contributed by atoms with van der Waals surface area (Å²) in [4.78, 5) is 10.7. The Hall–Kier alpha value is -0.530. The molecule has 0 spiro atoms. The summed E-state index contributed by atoms with van der Waals surface area (Å²) in [5, 5.41) is 0. The van der Waals surface area contributed by atoms with Gasteiger partial charge in [-0.15, -0.1) is 0 Å². The van der Waals surface area contributed by atoms with Gasteiger partial charge in [-0.05, 0) is 12.8 Å². The highest BCUT2D eigenvalue weighted by atomic mass is 16.1. The van der Waals surface area contributed by atoms with Crippen molar-refractivity contribution in [2.45, 2.75) is 39.5 Å². The molecule has 0 aliphatic rings. The molecule has 0 saturated carbocycles. The molecular formula is C8H19NO. The Morgan fingerprint density at radius 2 is 2.20 bits per heavy atom. The maximum absolute atomic E-state index is 10.7. The summed E-state index contributed by atoms with van der Waals surface area (Å²) in [5.41, 5.74) is 5.15. The summed E-state index contributed by atoms with van der Waals surface area (Å²) in [7, 11) is 0. The molecule has 0 fully saturated rings. The third-order valence-electron chi connectivity index (χ3n) is 1.80. The summed E-state index contributed by atoms with van der Waals surface area (Å²) < 4.78 is 0. The molecule has 62 valence electrons. The molecule has 1 amide bonds. The van der Waals surface area contributed by atoms with Gasteiger partial charge in [-0.1, -0.05) is 26.7 Å². The molecule has 0 aliphatic carbocycles. The summed E-state index contributed by atoms with van der Waals surface area (Å²) in [6.07, 6.45) is 4.10. The molecule has 0 bridgehead atoms. The second-order valence-electron chi connectivity index (χ2n) is 2.65. The van der Waals surface area contributed by atoms with Crippen LogP contribution in [-0.2, 0) is 4.79 Å². The van der Waals surface area contributed by atoms with E-state index in [0.717, 1.165) is 25.7 Å². The van der Waals surface area contributed by atoms with E-state index in [1.165, 1.54) is 0 Å². The summed E-state index contributed by atoms with van der Waals surface area (Å²) >= 11 is 0. The van der Waals surface area contributed by atoms with Crippen molar-refractivity contribution in [1.29, 1.82) is 0 Å². The Bertz CT molecular complexity index is 106. The number of primary amides is 1. The van der Waals surface area contributed by atoms with Crippen LogP contribution in [0.2, 0.25) is 0 Å². The normalized spacial score (nSPS) is 13.0. The van der Waals surface area contributed by atoms with E-state index in [9.17, 15) is 4.79 Å². The molecule has 0 aromatic carbocycles. The lowest BCUT2D eigenvalue weighted by molar-refractivity contribution is -0.122. The van der Waals surface area contributed by atoms with Crippen molar-refractivity contribution in [3.63, 3.8) is 0 Å². The van der Waals surface area contributed by atoms with E-state index in [1.807, 2.05) is 6.92 Å². The van der Waals surface area contributed by atoms with Crippen molar-refractivity contribution < 1.29 is 6.22 Å². The van der Waals surface area contributed by atoms with Gasteiger partial charge in [-0.25, -0.2) is 0 Å². The fraction of sp³-hybridized carbons (Fsp3) is 0.875. The first-order valence-corrected chi connectivity index (χ1v) is 4.01. The van der Waals surface area contributed by atoms with Crippen molar-refractivity contribution in [3.8, 4) is 0 Å². The van der Waals surface area contributed by atoms with Crippen LogP contribution in [0.25, 0.3) is 0 Å². The van der Waals surface area contributed by atoms with Gasteiger partial charge < -0.3 is 5.73 Å². The molecule has 0 aromatic heterocycles. The zero-order valence-corrected chi connectivity index (χ0v) is 6.89. The van der Waals surface area contributed by atoms with Crippen LogP contribution >= 0.6 is 0 Å². The van der Waals surface area contributed by atoms with Gasteiger partial charge >= 0.3 is 0 Å². The van der Waals surface area contributed by atoms with Crippen LogP contribution in [0.3, 0.4) is 0 Å². The molecule has 2 heteroatoms. The van der Waals surface area contributed by atoms with Crippen LogP contribution in [-0.4, -0.2) is 5.91 Å². The van der Waals surface area contributed by atoms with Gasteiger partial charge in [0.25, 0.3) is 0 Å². The van der Waals surface area contributed by atoms with Crippen molar-refractivity contribution in [2.75, 3.05) is 0 Å². The standard InChI is InChI=1S/C8H17NO.H2/c1-3-5-6-7(4-2)8(9)10;/h7H,3-6H2,1-2H3,(H2,9,10);1H. The van der Waals surface area contributed by atoms with E-state index >= 15 is 0 Å². The smallest absolute Gasteiger partial charge is 0.220 e. The molecule has 1 atom stereocenters. The molecule has 0 radical (unpaired) electrons. The van der Waals surface area contributed by atoms with Gasteiger partial charge in [0, 0.05) is 7.34 Å². The lowest BCUT2D eigenvalue weighted by Gasteiger charge is -2.08. The summed E-state index contributed by atoms with van der Waals surface area (Å²) in [5.74, 6) is -0.0316. The molecule has 0 saturated heterocycles. The predicted octanol–water partition coefficient (Wildman–Crippen LogP) is 1.93. The highest BCUT2D eigenvalue weighted by molar-refractivity contribution is 5.76. The SMILES string of the molecule is CCCCC(CC)C(N)=O.[HH]. The Labute approximate surface area is 64.3 Å². The van der Waals surface area contributed by atoms with Crippen molar-refractivity contribution in [2.24, 2.45) is 11.7 Å². The number of rotatable bonds is 5. The zero-order chi connectivity index (χ0) is 7.98. The number of carbonyl (C=O) groups is 1. The van der Waals surface area contributed by atoms with Gasteiger partial charge in [0.1, 0.15) is 0 Å². The van der Waals surface area contributed by atoms with E-state index in [0.29, 0.717) is 0 Å². The minimum Gasteiger partial charge on any atom is -0.369 e. The quantitative estimate of drug-likeness (QED) is 0.631. The Balaban J connectivity index is 0.